The van der Waals surface area contributed by atoms with Crippen molar-refractivity contribution in [1.29, 1.82) is 0 Å². The second-order valence-corrected chi connectivity index (χ2v) is 8.76. The summed E-state index contributed by atoms with van der Waals surface area (Å²) >= 11 is 6.41. The number of likely N-dealkylation sites (tertiary alicyclic amines) is 1. The number of aliphatic hydroxyl groups is 1. The molecule has 1 aliphatic heterocycles. The molecule has 1 N–H and O–H groups in total. The molecule has 5 rings (SSSR count). The average Bonchev–Trinajstić information content (AvgIpc) is 3.54. The maximum Gasteiger partial charge on any atom is 0.262 e. The Morgan fingerprint density at radius 3 is 2.57 bits per heavy atom. The molecule has 2 aromatic heterocycles. The number of aromatic nitrogens is 3. The standard InChI is InChI=1S/C22H23ClN4O3/c23-18-12-17-19(27(18)16-4-2-1-3-5-16)24-14-26(21(17)29)13-22(30)8-10-25(11-9-22)20(28)15-6-7-15/h1-5,12,14-15,30H,6-11,13H2. The average molecular weight is 427 g/mol. The van der Waals surface area contributed by atoms with Gasteiger partial charge in [0.25, 0.3) is 5.56 Å². The molecule has 156 valence electrons. The summed E-state index contributed by atoms with van der Waals surface area (Å²) < 4.78 is 3.19. The number of carbonyl (C=O) groups excluding carboxylic acids is 1. The van der Waals surface area contributed by atoms with Gasteiger partial charge in [-0.25, -0.2) is 4.98 Å². The van der Waals surface area contributed by atoms with Crippen LogP contribution in [0.15, 0.2) is 47.5 Å². The van der Waals surface area contributed by atoms with E-state index < -0.39 is 5.60 Å². The first kappa shape index (κ1) is 19.3. The van der Waals surface area contributed by atoms with Crippen molar-refractivity contribution < 1.29 is 9.90 Å². The molecule has 2 fully saturated rings. The van der Waals surface area contributed by atoms with Gasteiger partial charge in [0.05, 0.1) is 17.5 Å². The fourth-order valence-corrected chi connectivity index (χ4v) is 4.52. The third-order valence-corrected chi connectivity index (χ3v) is 6.43. The quantitative estimate of drug-likeness (QED) is 0.695. The first-order valence-electron chi connectivity index (χ1n) is 10.3. The molecule has 0 bridgehead atoms. The van der Waals surface area contributed by atoms with E-state index in [-0.39, 0.29) is 23.9 Å². The number of carbonyl (C=O) groups is 1. The smallest absolute Gasteiger partial charge is 0.262 e. The molecule has 30 heavy (non-hydrogen) atoms. The number of rotatable bonds is 4. The Morgan fingerprint density at radius 2 is 1.90 bits per heavy atom. The van der Waals surface area contributed by atoms with Crippen LogP contribution in [0, 0.1) is 5.92 Å². The number of nitrogens with zero attached hydrogens (tertiary/aromatic N) is 4. The lowest BCUT2D eigenvalue weighted by atomic mass is 9.91. The van der Waals surface area contributed by atoms with Crippen molar-refractivity contribution in [2.24, 2.45) is 5.92 Å². The summed E-state index contributed by atoms with van der Waals surface area (Å²) in [5, 5.41) is 11.9. The third kappa shape index (κ3) is 3.42. The van der Waals surface area contributed by atoms with Gasteiger partial charge < -0.3 is 10.0 Å². The van der Waals surface area contributed by atoms with Gasteiger partial charge in [-0.15, -0.1) is 0 Å². The van der Waals surface area contributed by atoms with E-state index in [2.05, 4.69) is 4.98 Å². The van der Waals surface area contributed by atoms with Crippen molar-refractivity contribution in [2.75, 3.05) is 13.1 Å². The molecule has 2 aliphatic rings. The number of hydrogen-bond acceptors (Lipinski definition) is 4. The summed E-state index contributed by atoms with van der Waals surface area (Å²) in [6.45, 7) is 1.19. The minimum Gasteiger partial charge on any atom is -0.388 e. The second kappa shape index (κ2) is 7.25. The normalized spacial score (nSPS) is 18.7. The summed E-state index contributed by atoms with van der Waals surface area (Å²) in [4.78, 5) is 31.7. The summed E-state index contributed by atoms with van der Waals surface area (Å²) in [5.41, 5.74) is 0.0462. The van der Waals surface area contributed by atoms with Gasteiger partial charge in [-0.1, -0.05) is 29.8 Å². The van der Waals surface area contributed by atoms with Crippen LogP contribution < -0.4 is 5.56 Å². The number of para-hydroxylation sites is 1. The first-order valence-corrected chi connectivity index (χ1v) is 10.7. The maximum absolute atomic E-state index is 13.1. The molecule has 1 saturated carbocycles. The zero-order valence-electron chi connectivity index (χ0n) is 16.5. The van der Waals surface area contributed by atoms with Gasteiger partial charge in [0.2, 0.25) is 5.91 Å². The van der Waals surface area contributed by atoms with E-state index in [1.165, 1.54) is 10.9 Å². The van der Waals surface area contributed by atoms with E-state index in [9.17, 15) is 14.7 Å². The molecule has 1 aliphatic carbocycles. The third-order valence-electron chi connectivity index (χ3n) is 6.15. The molecule has 1 saturated heterocycles. The predicted molar refractivity (Wildman–Crippen MR) is 114 cm³/mol. The molecule has 1 aromatic carbocycles. The van der Waals surface area contributed by atoms with E-state index in [4.69, 9.17) is 11.6 Å². The Morgan fingerprint density at radius 1 is 1.20 bits per heavy atom. The van der Waals surface area contributed by atoms with Gasteiger partial charge in [-0.3, -0.25) is 18.7 Å². The number of piperidine rings is 1. The Balaban J connectivity index is 1.40. The lowest BCUT2D eigenvalue weighted by Gasteiger charge is -2.38. The number of fused-ring (bicyclic) bond motifs is 1. The molecular weight excluding hydrogens is 404 g/mol. The predicted octanol–water partition coefficient (Wildman–Crippen LogP) is 2.60. The van der Waals surface area contributed by atoms with Crippen molar-refractivity contribution in [3.05, 3.63) is 58.2 Å². The van der Waals surface area contributed by atoms with Gasteiger partial charge in [0.15, 0.2) is 5.65 Å². The summed E-state index contributed by atoms with van der Waals surface area (Å²) in [6.07, 6.45) is 4.32. The highest BCUT2D eigenvalue weighted by Gasteiger charge is 2.39. The fraction of sp³-hybridized carbons (Fsp3) is 0.409. The molecule has 0 radical (unpaired) electrons. The van der Waals surface area contributed by atoms with Crippen LogP contribution in [0.4, 0.5) is 0 Å². The lowest BCUT2D eigenvalue weighted by Crippen LogP contribution is -2.50. The van der Waals surface area contributed by atoms with Gasteiger partial charge in [0, 0.05) is 24.7 Å². The van der Waals surface area contributed by atoms with Crippen LogP contribution in [0.2, 0.25) is 5.15 Å². The van der Waals surface area contributed by atoms with Crippen molar-refractivity contribution in [3.8, 4) is 5.69 Å². The van der Waals surface area contributed by atoms with Gasteiger partial charge >= 0.3 is 0 Å². The molecule has 3 heterocycles. The summed E-state index contributed by atoms with van der Waals surface area (Å²) in [5.74, 6) is 0.387. The number of benzene rings is 1. The van der Waals surface area contributed by atoms with Crippen LogP contribution in [0.1, 0.15) is 25.7 Å². The van der Waals surface area contributed by atoms with Crippen LogP contribution in [-0.4, -0.2) is 48.7 Å². The Hall–Kier alpha value is -2.64. The van der Waals surface area contributed by atoms with Gasteiger partial charge in [-0.05, 0) is 43.9 Å². The Labute approximate surface area is 178 Å². The molecule has 8 heteroatoms. The number of hydrogen-bond donors (Lipinski definition) is 1. The molecule has 3 aromatic rings. The van der Waals surface area contributed by atoms with E-state index >= 15 is 0 Å². The van der Waals surface area contributed by atoms with Crippen LogP contribution in [0.3, 0.4) is 0 Å². The van der Waals surface area contributed by atoms with Crippen LogP contribution in [0.5, 0.6) is 0 Å². The second-order valence-electron chi connectivity index (χ2n) is 8.38. The highest BCUT2D eigenvalue weighted by Crippen LogP contribution is 2.33. The number of amides is 1. The monoisotopic (exact) mass is 426 g/mol. The zero-order valence-corrected chi connectivity index (χ0v) is 17.3. The van der Waals surface area contributed by atoms with Gasteiger partial charge in [0.1, 0.15) is 11.5 Å². The minimum atomic E-state index is -1.04. The van der Waals surface area contributed by atoms with E-state index in [1.807, 2.05) is 35.2 Å². The van der Waals surface area contributed by atoms with Gasteiger partial charge in [-0.2, -0.15) is 0 Å². The fourth-order valence-electron chi connectivity index (χ4n) is 4.23. The van der Waals surface area contributed by atoms with Crippen LogP contribution in [0.25, 0.3) is 16.7 Å². The minimum absolute atomic E-state index is 0.147. The topological polar surface area (TPSA) is 80.4 Å². The van der Waals surface area contributed by atoms with Crippen molar-refractivity contribution in [3.63, 3.8) is 0 Å². The largest absolute Gasteiger partial charge is 0.388 e. The Bertz CT molecular complexity index is 1160. The van der Waals surface area contributed by atoms with Crippen molar-refractivity contribution in [2.45, 2.75) is 37.8 Å². The maximum atomic E-state index is 13.1. The molecular formula is C22H23ClN4O3. The molecule has 7 nitrogen and oxygen atoms in total. The van der Waals surface area contributed by atoms with E-state index in [0.717, 1.165) is 18.5 Å². The lowest BCUT2D eigenvalue weighted by molar-refractivity contribution is -0.137. The van der Waals surface area contributed by atoms with Crippen LogP contribution >= 0.6 is 11.6 Å². The van der Waals surface area contributed by atoms with E-state index in [1.54, 1.807) is 10.6 Å². The molecule has 0 spiro atoms. The molecule has 0 unspecified atom stereocenters. The number of halogens is 1. The SMILES string of the molecule is O=C(C1CC1)N1CCC(O)(Cn2cnc3c(cc(Cl)n3-c3ccccc3)c2=O)CC1. The molecule has 0 atom stereocenters. The van der Waals surface area contributed by atoms with Crippen molar-refractivity contribution >= 4 is 28.5 Å². The van der Waals surface area contributed by atoms with Crippen LogP contribution in [-0.2, 0) is 11.3 Å². The summed E-state index contributed by atoms with van der Waals surface area (Å²) in [7, 11) is 0. The summed E-state index contributed by atoms with van der Waals surface area (Å²) in [6, 6.07) is 11.1. The Kier molecular flexibility index (Phi) is 4.67. The zero-order chi connectivity index (χ0) is 20.9. The first-order chi connectivity index (χ1) is 14.5. The van der Waals surface area contributed by atoms with Crippen molar-refractivity contribution in [1.82, 2.24) is 19.0 Å². The highest BCUT2D eigenvalue weighted by atomic mass is 35.5. The highest BCUT2D eigenvalue weighted by molar-refractivity contribution is 6.31. The molecule has 1 amide bonds. The van der Waals surface area contributed by atoms with E-state index in [0.29, 0.717) is 42.1 Å².